The zero-order valence-corrected chi connectivity index (χ0v) is 10.1. The molecule has 1 rings (SSSR count). The third kappa shape index (κ3) is 3.40. The predicted molar refractivity (Wildman–Crippen MR) is 60.1 cm³/mol. The molecule has 3 atom stereocenters. The third-order valence-corrected chi connectivity index (χ3v) is 2.87. The Morgan fingerprint density at radius 2 is 1.81 bits per heavy atom. The molecule has 1 heterocycles. The van der Waals surface area contributed by atoms with Crippen LogP contribution in [-0.2, 0) is 4.79 Å². The van der Waals surface area contributed by atoms with E-state index in [0.717, 1.165) is 6.42 Å². The van der Waals surface area contributed by atoms with Gasteiger partial charge in [0, 0.05) is 13.1 Å². The van der Waals surface area contributed by atoms with Crippen molar-refractivity contribution in [3.8, 4) is 0 Å². The largest absolute Gasteiger partial charge is 0.480 e. The number of amides is 2. The van der Waals surface area contributed by atoms with Gasteiger partial charge in [0.15, 0.2) is 0 Å². The molecule has 92 valence electrons. The standard InChI is InChI=1S/C11H20N2O3/c1-7-4-8(2)6-13(5-7)11(16)12-9(3)10(14)15/h7-9H,4-6H2,1-3H3,(H,12,16)(H,14,15)/t7?,8?,9-/m1/s1. The second-order valence-electron chi connectivity index (χ2n) is 4.86. The van der Waals surface area contributed by atoms with Crippen LogP contribution >= 0.6 is 0 Å². The molecule has 2 unspecified atom stereocenters. The molecule has 1 fully saturated rings. The highest BCUT2D eigenvalue weighted by Gasteiger charge is 2.26. The van der Waals surface area contributed by atoms with Crippen LogP contribution in [0.3, 0.4) is 0 Å². The molecule has 1 aliphatic rings. The number of piperidine rings is 1. The van der Waals surface area contributed by atoms with Gasteiger partial charge in [0.1, 0.15) is 6.04 Å². The van der Waals surface area contributed by atoms with E-state index in [4.69, 9.17) is 5.11 Å². The monoisotopic (exact) mass is 228 g/mol. The fourth-order valence-corrected chi connectivity index (χ4v) is 2.17. The van der Waals surface area contributed by atoms with Gasteiger partial charge in [0.25, 0.3) is 0 Å². The molecule has 0 spiro atoms. The number of nitrogens with zero attached hydrogens (tertiary/aromatic N) is 1. The third-order valence-electron chi connectivity index (χ3n) is 2.87. The van der Waals surface area contributed by atoms with Crippen LogP contribution in [0.4, 0.5) is 4.79 Å². The van der Waals surface area contributed by atoms with Crippen LogP contribution < -0.4 is 5.32 Å². The van der Waals surface area contributed by atoms with E-state index in [1.54, 1.807) is 4.90 Å². The highest BCUT2D eigenvalue weighted by atomic mass is 16.4. The number of hydrogen-bond acceptors (Lipinski definition) is 2. The van der Waals surface area contributed by atoms with Crippen molar-refractivity contribution in [3.63, 3.8) is 0 Å². The predicted octanol–water partition coefficient (Wildman–Crippen LogP) is 1.15. The van der Waals surface area contributed by atoms with Gasteiger partial charge in [0.2, 0.25) is 0 Å². The molecule has 16 heavy (non-hydrogen) atoms. The molecule has 5 heteroatoms. The van der Waals surface area contributed by atoms with E-state index in [9.17, 15) is 9.59 Å². The smallest absolute Gasteiger partial charge is 0.325 e. The molecule has 5 nitrogen and oxygen atoms in total. The molecule has 0 aromatic rings. The van der Waals surface area contributed by atoms with Gasteiger partial charge in [-0.15, -0.1) is 0 Å². The molecule has 2 N–H and O–H groups in total. The van der Waals surface area contributed by atoms with E-state index in [0.29, 0.717) is 24.9 Å². The van der Waals surface area contributed by atoms with Gasteiger partial charge in [0.05, 0.1) is 0 Å². The first-order valence-corrected chi connectivity index (χ1v) is 5.68. The average molecular weight is 228 g/mol. The minimum atomic E-state index is -1.01. The summed E-state index contributed by atoms with van der Waals surface area (Å²) >= 11 is 0. The Balaban J connectivity index is 2.50. The summed E-state index contributed by atoms with van der Waals surface area (Å²) < 4.78 is 0. The topological polar surface area (TPSA) is 69.6 Å². The van der Waals surface area contributed by atoms with Crippen LogP contribution in [0.5, 0.6) is 0 Å². The zero-order valence-electron chi connectivity index (χ0n) is 10.1. The maximum absolute atomic E-state index is 11.8. The molecule has 0 saturated carbocycles. The van der Waals surface area contributed by atoms with Gasteiger partial charge in [-0.2, -0.15) is 0 Å². The molecule has 0 aromatic heterocycles. The average Bonchev–Trinajstić information content (AvgIpc) is 2.15. The Kier molecular flexibility index (Phi) is 4.15. The van der Waals surface area contributed by atoms with Crippen LogP contribution in [0.15, 0.2) is 0 Å². The number of urea groups is 1. The summed E-state index contributed by atoms with van der Waals surface area (Å²) in [7, 11) is 0. The quantitative estimate of drug-likeness (QED) is 0.744. The second kappa shape index (κ2) is 5.18. The molecule has 0 radical (unpaired) electrons. The maximum atomic E-state index is 11.8. The summed E-state index contributed by atoms with van der Waals surface area (Å²) in [5, 5.41) is 11.2. The van der Waals surface area contributed by atoms with Crippen molar-refractivity contribution >= 4 is 12.0 Å². The summed E-state index contributed by atoms with van der Waals surface area (Å²) in [5.74, 6) is -0.0456. The van der Waals surface area contributed by atoms with E-state index in [2.05, 4.69) is 19.2 Å². The van der Waals surface area contributed by atoms with Crippen LogP contribution in [-0.4, -0.2) is 41.1 Å². The Labute approximate surface area is 95.8 Å². The van der Waals surface area contributed by atoms with E-state index < -0.39 is 12.0 Å². The lowest BCUT2D eigenvalue weighted by Gasteiger charge is -2.35. The molecule has 1 saturated heterocycles. The van der Waals surface area contributed by atoms with E-state index >= 15 is 0 Å². The van der Waals surface area contributed by atoms with Gasteiger partial charge < -0.3 is 15.3 Å². The lowest BCUT2D eigenvalue weighted by atomic mass is 9.92. The van der Waals surface area contributed by atoms with Crippen LogP contribution in [0, 0.1) is 11.8 Å². The highest BCUT2D eigenvalue weighted by Crippen LogP contribution is 2.20. The molecule has 0 bridgehead atoms. The fraction of sp³-hybridized carbons (Fsp3) is 0.818. The number of likely N-dealkylation sites (tertiary alicyclic amines) is 1. The lowest BCUT2D eigenvalue weighted by molar-refractivity contribution is -0.138. The highest BCUT2D eigenvalue weighted by molar-refractivity contribution is 5.82. The maximum Gasteiger partial charge on any atom is 0.325 e. The summed E-state index contributed by atoms with van der Waals surface area (Å²) in [6, 6.07) is -1.10. The number of carbonyl (C=O) groups is 2. The molecule has 0 aromatic carbocycles. The van der Waals surface area contributed by atoms with Gasteiger partial charge in [-0.1, -0.05) is 13.8 Å². The van der Waals surface area contributed by atoms with Crippen molar-refractivity contribution in [3.05, 3.63) is 0 Å². The van der Waals surface area contributed by atoms with Crippen molar-refractivity contribution < 1.29 is 14.7 Å². The molecule has 2 amide bonds. The van der Waals surface area contributed by atoms with Crippen LogP contribution in [0.25, 0.3) is 0 Å². The number of nitrogens with one attached hydrogen (secondary N) is 1. The minimum Gasteiger partial charge on any atom is -0.480 e. The minimum absolute atomic E-state index is 0.270. The zero-order chi connectivity index (χ0) is 12.3. The molecule has 0 aliphatic carbocycles. The number of aliphatic carboxylic acids is 1. The second-order valence-corrected chi connectivity index (χ2v) is 4.86. The fourth-order valence-electron chi connectivity index (χ4n) is 2.17. The summed E-state index contributed by atoms with van der Waals surface area (Å²) in [4.78, 5) is 24.1. The number of carboxylic acid groups (broad SMARTS) is 1. The van der Waals surface area contributed by atoms with Gasteiger partial charge >= 0.3 is 12.0 Å². The summed E-state index contributed by atoms with van der Waals surface area (Å²) in [6.45, 7) is 7.11. The normalized spacial score (nSPS) is 27.3. The SMILES string of the molecule is CC1CC(C)CN(C(=O)N[C@H](C)C(=O)O)C1. The first kappa shape index (κ1) is 12.8. The van der Waals surface area contributed by atoms with Crippen LogP contribution in [0.2, 0.25) is 0 Å². The first-order chi connectivity index (χ1) is 7.40. The van der Waals surface area contributed by atoms with Crippen LogP contribution in [0.1, 0.15) is 27.2 Å². The molecular formula is C11H20N2O3. The molecular weight excluding hydrogens is 208 g/mol. The van der Waals surface area contributed by atoms with Gasteiger partial charge in [-0.3, -0.25) is 4.79 Å². The number of hydrogen-bond donors (Lipinski definition) is 2. The van der Waals surface area contributed by atoms with Crippen molar-refractivity contribution in [1.29, 1.82) is 0 Å². The number of carboxylic acids is 1. The van der Waals surface area contributed by atoms with Gasteiger partial charge in [-0.05, 0) is 25.2 Å². The van der Waals surface area contributed by atoms with E-state index in [-0.39, 0.29) is 6.03 Å². The van der Waals surface area contributed by atoms with E-state index in [1.165, 1.54) is 6.92 Å². The Hall–Kier alpha value is -1.26. The van der Waals surface area contributed by atoms with Crippen molar-refractivity contribution in [2.24, 2.45) is 11.8 Å². The first-order valence-electron chi connectivity index (χ1n) is 5.68. The Morgan fingerprint density at radius 3 is 2.25 bits per heavy atom. The lowest BCUT2D eigenvalue weighted by Crippen LogP contribution is -2.51. The van der Waals surface area contributed by atoms with Crippen molar-refractivity contribution in [2.45, 2.75) is 33.2 Å². The van der Waals surface area contributed by atoms with Crippen molar-refractivity contribution in [2.75, 3.05) is 13.1 Å². The Bertz CT molecular complexity index is 270. The van der Waals surface area contributed by atoms with E-state index in [1.807, 2.05) is 0 Å². The number of carbonyl (C=O) groups excluding carboxylic acids is 1. The van der Waals surface area contributed by atoms with Gasteiger partial charge in [-0.25, -0.2) is 4.79 Å². The Morgan fingerprint density at radius 1 is 1.31 bits per heavy atom. The molecule has 1 aliphatic heterocycles. The summed E-state index contributed by atoms with van der Waals surface area (Å²) in [5.41, 5.74) is 0. The summed E-state index contributed by atoms with van der Waals surface area (Å²) in [6.07, 6.45) is 1.12. The number of rotatable bonds is 2. The van der Waals surface area contributed by atoms with Crippen molar-refractivity contribution in [1.82, 2.24) is 10.2 Å².